The highest BCUT2D eigenvalue weighted by Crippen LogP contribution is 2.23. The smallest absolute Gasteiger partial charge is 0.480 e. The van der Waals surface area contributed by atoms with Crippen LogP contribution >= 0.6 is 0 Å². The summed E-state index contributed by atoms with van der Waals surface area (Å²) in [6.07, 6.45) is -1.56. The highest BCUT2D eigenvalue weighted by molar-refractivity contribution is 5.84. The van der Waals surface area contributed by atoms with E-state index in [1.54, 1.807) is 10.8 Å². The van der Waals surface area contributed by atoms with Crippen molar-refractivity contribution in [3.63, 3.8) is 0 Å². The number of aromatic nitrogens is 1. The fourth-order valence-electron chi connectivity index (χ4n) is 2.89. The van der Waals surface area contributed by atoms with E-state index in [1.807, 2.05) is 24.3 Å². The zero-order valence-corrected chi connectivity index (χ0v) is 15.9. The number of nitrogens with zero attached hydrogens (tertiary/aromatic N) is 1. The van der Waals surface area contributed by atoms with Crippen LogP contribution in [0.2, 0.25) is 0 Å². The van der Waals surface area contributed by atoms with Crippen LogP contribution in [-0.4, -0.2) is 28.6 Å². The molecule has 0 aliphatic heterocycles. The molecule has 2 N–H and O–H groups in total. The first-order valence-corrected chi connectivity index (χ1v) is 9.19. The lowest BCUT2D eigenvalue weighted by molar-refractivity contribution is -0.274. The summed E-state index contributed by atoms with van der Waals surface area (Å²) in [4.78, 5) is 10.9. The highest BCUT2D eigenvalue weighted by Gasteiger charge is 2.30. The summed E-state index contributed by atoms with van der Waals surface area (Å²) >= 11 is 0. The quantitative estimate of drug-likeness (QED) is 0.426. The minimum Gasteiger partial charge on any atom is -0.480 e. The molecule has 1 heterocycles. The molecule has 156 valence electrons. The predicted octanol–water partition coefficient (Wildman–Crippen LogP) is 4.87. The Morgan fingerprint density at radius 2 is 1.90 bits per heavy atom. The van der Waals surface area contributed by atoms with Crippen LogP contribution in [-0.2, 0) is 11.3 Å². The Bertz CT molecular complexity index is 1080. The standard InChI is InChI=1S/C22H19F3N2O3/c23-22(24,25)30-19-9-5-16(6-10-19)4-2-1-3-12-26-18-8-7-17-11-13-27(15-21(28)29)20(17)14-18/h5-11,13-14,26H,1,3,12,15H2,(H,28,29). The molecule has 2 aromatic carbocycles. The van der Waals surface area contributed by atoms with Crippen LogP contribution in [0.5, 0.6) is 5.75 Å². The third-order valence-corrected chi connectivity index (χ3v) is 4.21. The maximum Gasteiger partial charge on any atom is 0.573 e. The Hall–Kier alpha value is -3.60. The number of hydrogen-bond acceptors (Lipinski definition) is 3. The maximum atomic E-state index is 12.1. The number of benzene rings is 2. The molecule has 0 fully saturated rings. The van der Waals surface area contributed by atoms with Crippen molar-refractivity contribution in [3.05, 3.63) is 60.3 Å². The summed E-state index contributed by atoms with van der Waals surface area (Å²) in [5, 5.41) is 13.2. The number of carbonyl (C=O) groups is 1. The van der Waals surface area contributed by atoms with Crippen molar-refractivity contribution in [3.8, 4) is 17.6 Å². The topological polar surface area (TPSA) is 63.5 Å². The molecule has 0 saturated heterocycles. The third kappa shape index (κ3) is 6.21. The molecule has 30 heavy (non-hydrogen) atoms. The summed E-state index contributed by atoms with van der Waals surface area (Å²) in [7, 11) is 0. The molecule has 8 heteroatoms. The number of ether oxygens (including phenoxy) is 1. The Labute approximate surface area is 171 Å². The first kappa shape index (κ1) is 21.1. The van der Waals surface area contributed by atoms with Gasteiger partial charge in [0.25, 0.3) is 0 Å². The second-order valence-electron chi connectivity index (χ2n) is 6.52. The average molecular weight is 416 g/mol. The molecule has 0 saturated carbocycles. The summed E-state index contributed by atoms with van der Waals surface area (Å²) in [6, 6.07) is 13.1. The summed E-state index contributed by atoms with van der Waals surface area (Å²) in [5.41, 5.74) is 2.35. The van der Waals surface area contributed by atoms with Crippen LogP contribution < -0.4 is 10.1 Å². The predicted molar refractivity (Wildman–Crippen MR) is 107 cm³/mol. The molecule has 0 aliphatic rings. The fourth-order valence-corrected chi connectivity index (χ4v) is 2.89. The van der Waals surface area contributed by atoms with Gasteiger partial charge in [0.1, 0.15) is 12.3 Å². The van der Waals surface area contributed by atoms with Gasteiger partial charge in [0.2, 0.25) is 0 Å². The zero-order chi connectivity index (χ0) is 21.6. The number of alkyl halides is 3. The van der Waals surface area contributed by atoms with Crippen molar-refractivity contribution in [2.45, 2.75) is 25.7 Å². The monoisotopic (exact) mass is 416 g/mol. The minimum atomic E-state index is -4.70. The van der Waals surface area contributed by atoms with E-state index in [1.165, 1.54) is 24.3 Å². The lowest BCUT2D eigenvalue weighted by Crippen LogP contribution is -2.16. The normalized spacial score (nSPS) is 11.0. The van der Waals surface area contributed by atoms with Crippen LogP contribution in [0.3, 0.4) is 0 Å². The van der Waals surface area contributed by atoms with E-state index in [0.717, 1.165) is 23.0 Å². The minimum absolute atomic E-state index is 0.0914. The van der Waals surface area contributed by atoms with E-state index in [2.05, 4.69) is 21.9 Å². The number of nitrogens with one attached hydrogen (secondary N) is 1. The van der Waals surface area contributed by atoms with Gasteiger partial charge in [-0.1, -0.05) is 17.9 Å². The van der Waals surface area contributed by atoms with E-state index in [9.17, 15) is 18.0 Å². The number of carboxylic acids is 1. The summed E-state index contributed by atoms with van der Waals surface area (Å²) < 4.78 is 41.9. The van der Waals surface area contributed by atoms with Crippen LogP contribution in [0.15, 0.2) is 54.7 Å². The van der Waals surface area contributed by atoms with Crippen molar-refractivity contribution in [1.82, 2.24) is 4.57 Å². The van der Waals surface area contributed by atoms with Crippen molar-refractivity contribution in [2.24, 2.45) is 0 Å². The number of aliphatic carboxylic acids is 1. The summed E-state index contributed by atoms with van der Waals surface area (Å²) in [5.74, 6) is 4.72. The number of carboxylic acid groups (broad SMARTS) is 1. The molecule has 0 radical (unpaired) electrons. The van der Waals surface area contributed by atoms with Gasteiger partial charge in [-0.2, -0.15) is 0 Å². The SMILES string of the molecule is O=C(O)Cn1ccc2ccc(NCCCC#Cc3ccc(OC(F)(F)F)cc3)cc21. The average Bonchev–Trinajstić information content (AvgIpc) is 3.06. The number of unbranched alkanes of at least 4 members (excludes halogenated alkanes) is 1. The van der Waals surface area contributed by atoms with Gasteiger partial charge in [0, 0.05) is 30.4 Å². The first-order valence-electron chi connectivity index (χ1n) is 9.19. The Balaban J connectivity index is 1.47. The molecule has 3 aromatic rings. The van der Waals surface area contributed by atoms with Crippen LogP contribution in [0.25, 0.3) is 10.9 Å². The van der Waals surface area contributed by atoms with E-state index in [-0.39, 0.29) is 12.3 Å². The van der Waals surface area contributed by atoms with E-state index in [0.29, 0.717) is 18.5 Å². The summed E-state index contributed by atoms with van der Waals surface area (Å²) in [6.45, 7) is 0.587. The van der Waals surface area contributed by atoms with Crippen molar-refractivity contribution in [1.29, 1.82) is 0 Å². The Morgan fingerprint density at radius 1 is 1.13 bits per heavy atom. The number of hydrogen-bond donors (Lipinski definition) is 2. The van der Waals surface area contributed by atoms with Gasteiger partial charge >= 0.3 is 12.3 Å². The molecular formula is C22H19F3N2O3. The highest BCUT2D eigenvalue weighted by atomic mass is 19.4. The largest absolute Gasteiger partial charge is 0.573 e. The molecule has 5 nitrogen and oxygen atoms in total. The zero-order valence-electron chi connectivity index (χ0n) is 15.9. The Morgan fingerprint density at radius 3 is 2.60 bits per heavy atom. The molecule has 0 aliphatic carbocycles. The fraction of sp³-hybridized carbons (Fsp3) is 0.227. The molecule has 0 bridgehead atoms. The van der Waals surface area contributed by atoms with Gasteiger partial charge in [-0.3, -0.25) is 4.79 Å². The van der Waals surface area contributed by atoms with Crippen molar-refractivity contribution in [2.75, 3.05) is 11.9 Å². The molecule has 0 amide bonds. The number of halogens is 3. The van der Waals surface area contributed by atoms with Gasteiger partial charge < -0.3 is 19.7 Å². The van der Waals surface area contributed by atoms with Gasteiger partial charge in [0.15, 0.2) is 0 Å². The van der Waals surface area contributed by atoms with E-state index >= 15 is 0 Å². The van der Waals surface area contributed by atoms with Crippen LogP contribution in [0, 0.1) is 11.8 Å². The van der Waals surface area contributed by atoms with Crippen LogP contribution in [0.1, 0.15) is 18.4 Å². The van der Waals surface area contributed by atoms with Gasteiger partial charge in [0.05, 0.1) is 5.52 Å². The van der Waals surface area contributed by atoms with Crippen molar-refractivity contribution >= 4 is 22.6 Å². The lowest BCUT2D eigenvalue weighted by atomic mass is 10.2. The van der Waals surface area contributed by atoms with Gasteiger partial charge in [-0.05, 0) is 54.3 Å². The second kappa shape index (κ2) is 9.27. The van der Waals surface area contributed by atoms with Gasteiger partial charge in [-0.15, -0.1) is 13.2 Å². The maximum absolute atomic E-state index is 12.1. The lowest BCUT2D eigenvalue weighted by Gasteiger charge is -2.08. The first-order chi connectivity index (χ1) is 14.3. The number of anilines is 1. The number of fused-ring (bicyclic) bond motifs is 1. The molecule has 1 aromatic heterocycles. The second-order valence-corrected chi connectivity index (χ2v) is 6.52. The molecular weight excluding hydrogens is 397 g/mol. The van der Waals surface area contributed by atoms with E-state index in [4.69, 9.17) is 5.11 Å². The van der Waals surface area contributed by atoms with Crippen molar-refractivity contribution < 1.29 is 27.8 Å². The molecule has 0 atom stereocenters. The Kier molecular flexibility index (Phi) is 6.52. The van der Waals surface area contributed by atoms with Crippen LogP contribution in [0.4, 0.5) is 18.9 Å². The molecule has 3 rings (SSSR count). The number of rotatable bonds is 7. The van der Waals surface area contributed by atoms with E-state index < -0.39 is 12.3 Å². The molecule has 0 spiro atoms. The third-order valence-electron chi connectivity index (χ3n) is 4.21. The molecule has 0 unspecified atom stereocenters. The van der Waals surface area contributed by atoms with Gasteiger partial charge in [-0.25, -0.2) is 0 Å².